The molecule has 0 spiro atoms. The first-order chi connectivity index (χ1) is 11.7. The Morgan fingerprint density at radius 3 is 2.71 bits per heavy atom. The largest absolute Gasteiger partial charge is 0.493 e. The van der Waals surface area contributed by atoms with E-state index in [9.17, 15) is 4.79 Å². The van der Waals surface area contributed by atoms with Gasteiger partial charge in [0.05, 0.1) is 20.8 Å². The van der Waals surface area contributed by atoms with E-state index in [0.717, 1.165) is 5.56 Å². The lowest BCUT2D eigenvalue weighted by atomic mass is 10.2. The Morgan fingerprint density at radius 1 is 1.21 bits per heavy atom. The van der Waals surface area contributed by atoms with E-state index in [0.29, 0.717) is 42.8 Å². The summed E-state index contributed by atoms with van der Waals surface area (Å²) in [7, 11) is 4.72. The van der Waals surface area contributed by atoms with Gasteiger partial charge < -0.3 is 24.1 Å². The van der Waals surface area contributed by atoms with Crippen LogP contribution in [0.15, 0.2) is 22.7 Å². The molecule has 1 N–H and O–H groups in total. The van der Waals surface area contributed by atoms with Crippen molar-refractivity contribution in [3.63, 3.8) is 0 Å². The zero-order valence-electron chi connectivity index (χ0n) is 14.0. The van der Waals surface area contributed by atoms with Crippen LogP contribution in [0.2, 0.25) is 0 Å². The van der Waals surface area contributed by atoms with Crippen LogP contribution < -0.4 is 14.8 Å². The molecule has 0 bridgehead atoms. The van der Waals surface area contributed by atoms with Gasteiger partial charge in [-0.3, -0.25) is 4.79 Å². The number of hydrogen-bond acceptors (Lipinski definition) is 7. The van der Waals surface area contributed by atoms with Gasteiger partial charge in [0.15, 0.2) is 11.5 Å². The number of carbonyl (C=O) groups excluding carboxylic acids is 1. The standard InChI is InChI=1S/C16H21N3O5/c1-21-9-8-17-14(20)6-7-15-18-16(19-24-15)11-4-5-12(22-2)13(10-11)23-3/h4-5,10H,6-9H2,1-3H3,(H,17,20). The van der Waals surface area contributed by atoms with Crippen molar-refractivity contribution in [1.82, 2.24) is 15.5 Å². The van der Waals surface area contributed by atoms with Gasteiger partial charge in [0, 0.05) is 32.1 Å². The van der Waals surface area contributed by atoms with Gasteiger partial charge in [0.1, 0.15) is 0 Å². The number of hydrogen-bond donors (Lipinski definition) is 1. The molecule has 8 nitrogen and oxygen atoms in total. The molecule has 2 aromatic rings. The number of methoxy groups -OCH3 is 3. The number of nitrogens with one attached hydrogen (secondary N) is 1. The fraction of sp³-hybridized carbons (Fsp3) is 0.438. The molecular formula is C16H21N3O5. The van der Waals surface area contributed by atoms with E-state index in [4.69, 9.17) is 18.7 Å². The third kappa shape index (κ3) is 4.69. The molecule has 1 heterocycles. The topological polar surface area (TPSA) is 95.7 Å². The van der Waals surface area contributed by atoms with Crippen LogP contribution in [-0.2, 0) is 16.0 Å². The van der Waals surface area contributed by atoms with E-state index in [1.54, 1.807) is 33.5 Å². The number of benzene rings is 1. The molecule has 0 atom stereocenters. The Kier molecular flexibility index (Phi) is 6.56. The molecule has 0 radical (unpaired) electrons. The third-order valence-corrected chi connectivity index (χ3v) is 3.30. The number of carbonyl (C=O) groups is 1. The molecule has 130 valence electrons. The van der Waals surface area contributed by atoms with Crippen LogP contribution in [0.3, 0.4) is 0 Å². The van der Waals surface area contributed by atoms with Crippen LogP contribution in [-0.4, -0.2) is 50.5 Å². The summed E-state index contributed by atoms with van der Waals surface area (Å²) in [5.74, 6) is 1.96. The molecule has 0 saturated carbocycles. The van der Waals surface area contributed by atoms with Crippen LogP contribution >= 0.6 is 0 Å². The van der Waals surface area contributed by atoms with E-state index < -0.39 is 0 Å². The van der Waals surface area contributed by atoms with Crippen LogP contribution in [0.25, 0.3) is 11.4 Å². The van der Waals surface area contributed by atoms with Crippen LogP contribution in [0.1, 0.15) is 12.3 Å². The van der Waals surface area contributed by atoms with Crippen LogP contribution in [0, 0.1) is 0 Å². The van der Waals surface area contributed by atoms with E-state index in [1.807, 2.05) is 6.07 Å². The summed E-state index contributed by atoms with van der Waals surface area (Å²) in [6.07, 6.45) is 0.649. The summed E-state index contributed by atoms with van der Waals surface area (Å²) in [6.45, 7) is 0.964. The average molecular weight is 335 g/mol. The molecule has 0 aliphatic heterocycles. The van der Waals surface area contributed by atoms with Crippen molar-refractivity contribution < 1.29 is 23.5 Å². The van der Waals surface area contributed by atoms with Crippen LogP contribution in [0.5, 0.6) is 11.5 Å². The normalized spacial score (nSPS) is 10.5. The number of aromatic nitrogens is 2. The smallest absolute Gasteiger partial charge is 0.227 e. The third-order valence-electron chi connectivity index (χ3n) is 3.30. The van der Waals surface area contributed by atoms with Crippen molar-refractivity contribution >= 4 is 5.91 Å². The lowest BCUT2D eigenvalue weighted by Crippen LogP contribution is -2.27. The van der Waals surface area contributed by atoms with E-state index in [1.165, 1.54) is 0 Å². The molecule has 24 heavy (non-hydrogen) atoms. The highest BCUT2D eigenvalue weighted by Crippen LogP contribution is 2.31. The molecule has 8 heteroatoms. The fourth-order valence-corrected chi connectivity index (χ4v) is 2.05. The Morgan fingerprint density at radius 2 is 2.00 bits per heavy atom. The van der Waals surface area contributed by atoms with Crippen molar-refractivity contribution in [2.24, 2.45) is 0 Å². The second-order valence-electron chi connectivity index (χ2n) is 4.92. The molecule has 2 rings (SSSR count). The summed E-state index contributed by atoms with van der Waals surface area (Å²) < 4.78 is 20.5. The maximum atomic E-state index is 11.6. The number of rotatable bonds is 9. The number of aryl methyl sites for hydroxylation is 1. The zero-order chi connectivity index (χ0) is 17.4. The number of ether oxygens (including phenoxy) is 3. The van der Waals surface area contributed by atoms with Gasteiger partial charge >= 0.3 is 0 Å². The lowest BCUT2D eigenvalue weighted by Gasteiger charge is -2.07. The van der Waals surface area contributed by atoms with Gasteiger partial charge in [0.2, 0.25) is 17.6 Å². The highest BCUT2D eigenvalue weighted by atomic mass is 16.5. The maximum Gasteiger partial charge on any atom is 0.227 e. The van der Waals surface area contributed by atoms with E-state index in [-0.39, 0.29) is 12.3 Å². The molecular weight excluding hydrogens is 314 g/mol. The van der Waals surface area contributed by atoms with Gasteiger partial charge in [-0.05, 0) is 18.2 Å². The SMILES string of the molecule is COCCNC(=O)CCc1nc(-c2ccc(OC)c(OC)c2)no1. The molecule has 1 aromatic carbocycles. The number of nitrogens with zero attached hydrogens (tertiary/aromatic N) is 2. The second kappa shape index (κ2) is 8.88. The summed E-state index contributed by atoms with van der Waals surface area (Å²) in [5, 5.41) is 6.67. The monoisotopic (exact) mass is 335 g/mol. The Labute approximate surface area is 140 Å². The maximum absolute atomic E-state index is 11.6. The second-order valence-corrected chi connectivity index (χ2v) is 4.92. The quantitative estimate of drug-likeness (QED) is 0.693. The summed E-state index contributed by atoms with van der Waals surface area (Å²) in [5.41, 5.74) is 0.743. The summed E-state index contributed by atoms with van der Waals surface area (Å²) in [6, 6.07) is 5.35. The van der Waals surface area contributed by atoms with Gasteiger partial charge in [-0.25, -0.2) is 0 Å². The summed E-state index contributed by atoms with van der Waals surface area (Å²) >= 11 is 0. The minimum atomic E-state index is -0.0853. The van der Waals surface area contributed by atoms with Gasteiger partial charge in [-0.1, -0.05) is 5.16 Å². The van der Waals surface area contributed by atoms with Gasteiger partial charge in [0.25, 0.3) is 0 Å². The molecule has 1 aromatic heterocycles. The molecule has 0 aliphatic carbocycles. The highest BCUT2D eigenvalue weighted by molar-refractivity contribution is 5.76. The predicted octanol–water partition coefficient (Wildman–Crippen LogP) is 1.45. The van der Waals surface area contributed by atoms with Crippen molar-refractivity contribution in [3.8, 4) is 22.9 Å². The Hall–Kier alpha value is -2.61. The predicted molar refractivity (Wildman–Crippen MR) is 86.0 cm³/mol. The van der Waals surface area contributed by atoms with E-state index in [2.05, 4.69) is 15.5 Å². The van der Waals surface area contributed by atoms with E-state index >= 15 is 0 Å². The molecule has 0 unspecified atom stereocenters. The van der Waals surface area contributed by atoms with Crippen molar-refractivity contribution in [3.05, 3.63) is 24.1 Å². The Bertz CT molecular complexity index is 671. The van der Waals surface area contributed by atoms with Crippen molar-refractivity contribution in [2.75, 3.05) is 34.5 Å². The van der Waals surface area contributed by atoms with Crippen LogP contribution in [0.4, 0.5) is 0 Å². The van der Waals surface area contributed by atoms with Gasteiger partial charge in [-0.2, -0.15) is 4.98 Å². The zero-order valence-corrected chi connectivity index (χ0v) is 14.0. The van der Waals surface area contributed by atoms with Crippen molar-refractivity contribution in [1.29, 1.82) is 0 Å². The first-order valence-corrected chi connectivity index (χ1v) is 7.48. The van der Waals surface area contributed by atoms with Crippen molar-refractivity contribution in [2.45, 2.75) is 12.8 Å². The molecule has 0 aliphatic rings. The Balaban J connectivity index is 1.96. The molecule has 0 fully saturated rings. The summed E-state index contributed by atoms with van der Waals surface area (Å²) in [4.78, 5) is 15.9. The molecule has 1 amide bonds. The highest BCUT2D eigenvalue weighted by Gasteiger charge is 2.13. The fourth-order valence-electron chi connectivity index (χ4n) is 2.05. The minimum absolute atomic E-state index is 0.0853. The molecule has 0 saturated heterocycles. The lowest BCUT2D eigenvalue weighted by molar-refractivity contribution is -0.121. The minimum Gasteiger partial charge on any atom is -0.493 e. The first-order valence-electron chi connectivity index (χ1n) is 7.48. The van der Waals surface area contributed by atoms with Gasteiger partial charge in [-0.15, -0.1) is 0 Å². The average Bonchev–Trinajstić information content (AvgIpc) is 3.08. The first kappa shape index (κ1) is 17.7. The number of amides is 1.